The Kier molecular flexibility index (Phi) is 7.13. The summed E-state index contributed by atoms with van der Waals surface area (Å²) in [5.74, 6) is 2.73. The third kappa shape index (κ3) is 6.68. The minimum Gasteiger partial charge on any atom is -0.508 e. The Balaban J connectivity index is 2.45. The van der Waals surface area contributed by atoms with Gasteiger partial charge in [0.05, 0.1) is 0 Å². The van der Waals surface area contributed by atoms with Crippen LogP contribution in [0.2, 0.25) is 0 Å². The van der Waals surface area contributed by atoms with E-state index in [2.05, 4.69) is 21.5 Å². The Morgan fingerprint density at radius 3 is 2.57 bits per heavy atom. The number of likely N-dealkylation sites (N-methyl/N-ethyl adjacent to an activating group) is 1. The highest BCUT2D eigenvalue weighted by Gasteiger charge is 2.13. The van der Waals surface area contributed by atoms with Gasteiger partial charge in [0.25, 0.3) is 0 Å². The van der Waals surface area contributed by atoms with E-state index in [1.165, 1.54) is 0 Å². The monoisotopic (exact) mass is 289 g/mol. The summed E-state index contributed by atoms with van der Waals surface area (Å²) in [7, 11) is 3.95. The van der Waals surface area contributed by atoms with Gasteiger partial charge in [-0.25, -0.2) is 4.79 Å². The van der Waals surface area contributed by atoms with Crippen LogP contribution in [0.3, 0.4) is 0 Å². The molecular weight excluding hydrogens is 266 g/mol. The zero-order valence-electron chi connectivity index (χ0n) is 12.6. The van der Waals surface area contributed by atoms with Gasteiger partial charge in [-0.05, 0) is 38.2 Å². The third-order valence-corrected chi connectivity index (χ3v) is 3.19. The largest absolute Gasteiger partial charge is 0.508 e. The molecule has 0 aliphatic heterocycles. The van der Waals surface area contributed by atoms with Crippen LogP contribution in [0.5, 0.6) is 5.75 Å². The Bertz CT molecular complexity index is 477. The van der Waals surface area contributed by atoms with Gasteiger partial charge < -0.3 is 20.6 Å². The van der Waals surface area contributed by atoms with E-state index in [0.29, 0.717) is 19.5 Å². The highest BCUT2D eigenvalue weighted by Crippen LogP contribution is 2.12. The van der Waals surface area contributed by atoms with E-state index in [4.69, 9.17) is 6.42 Å². The standard InChI is InChI=1S/C16H23N3O2/c1-4-5-10-17-16(21)18-12-14(19(2)3)11-13-6-8-15(20)9-7-13/h1,6-9,14,20H,5,10-12H2,2-3H3,(H2,17,18,21). The fourth-order valence-electron chi connectivity index (χ4n) is 1.86. The maximum atomic E-state index is 11.6. The van der Waals surface area contributed by atoms with E-state index < -0.39 is 0 Å². The van der Waals surface area contributed by atoms with Gasteiger partial charge in [0.2, 0.25) is 0 Å². The highest BCUT2D eigenvalue weighted by atomic mass is 16.3. The van der Waals surface area contributed by atoms with Crippen molar-refractivity contribution in [1.29, 1.82) is 0 Å². The molecule has 1 aromatic rings. The molecule has 0 aliphatic rings. The summed E-state index contributed by atoms with van der Waals surface area (Å²) in [6.07, 6.45) is 6.44. The number of rotatable bonds is 7. The minimum atomic E-state index is -0.206. The first-order valence-electron chi connectivity index (χ1n) is 6.92. The Labute approximate surface area is 126 Å². The molecule has 5 nitrogen and oxygen atoms in total. The average Bonchev–Trinajstić information content (AvgIpc) is 2.45. The van der Waals surface area contributed by atoms with E-state index in [1.807, 2.05) is 26.2 Å². The SMILES string of the molecule is C#CCCNC(=O)NCC(Cc1ccc(O)cc1)N(C)C. The fourth-order valence-corrected chi connectivity index (χ4v) is 1.86. The van der Waals surface area contributed by atoms with Gasteiger partial charge in [-0.1, -0.05) is 12.1 Å². The van der Waals surface area contributed by atoms with Gasteiger partial charge in [0.1, 0.15) is 5.75 Å². The molecular formula is C16H23N3O2. The van der Waals surface area contributed by atoms with E-state index in [-0.39, 0.29) is 17.8 Å². The number of urea groups is 1. The number of aromatic hydroxyl groups is 1. The van der Waals surface area contributed by atoms with Crippen molar-refractivity contribution in [1.82, 2.24) is 15.5 Å². The lowest BCUT2D eigenvalue weighted by Crippen LogP contribution is -2.45. The molecule has 0 radical (unpaired) electrons. The second-order valence-corrected chi connectivity index (χ2v) is 5.08. The zero-order chi connectivity index (χ0) is 15.7. The number of hydrogen-bond donors (Lipinski definition) is 3. The number of amides is 2. The van der Waals surface area contributed by atoms with Crippen LogP contribution in [0.4, 0.5) is 4.79 Å². The Morgan fingerprint density at radius 1 is 1.33 bits per heavy atom. The Hall–Kier alpha value is -2.19. The van der Waals surface area contributed by atoms with Crippen molar-refractivity contribution < 1.29 is 9.90 Å². The van der Waals surface area contributed by atoms with Crippen molar-refractivity contribution in [2.45, 2.75) is 18.9 Å². The summed E-state index contributed by atoms with van der Waals surface area (Å²) in [6.45, 7) is 1.02. The molecule has 1 unspecified atom stereocenters. The average molecular weight is 289 g/mol. The van der Waals surface area contributed by atoms with Crippen molar-refractivity contribution in [3.05, 3.63) is 29.8 Å². The van der Waals surface area contributed by atoms with Crippen molar-refractivity contribution in [2.24, 2.45) is 0 Å². The quantitative estimate of drug-likeness (QED) is 0.522. The van der Waals surface area contributed by atoms with Gasteiger partial charge in [-0.3, -0.25) is 0 Å². The van der Waals surface area contributed by atoms with E-state index >= 15 is 0 Å². The summed E-state index contributed by atoms with van der Waals surface area (Å²) in [6, 6.07) is 7.08. The van der Waals surface area contributed by atoms with Crippen LogP contribution in [-0.4, -0.2) is 49.3 Å². The van der Waals surface area contributed by atoms with Gasteiger partial charge in [-0.15, -0.1) is 12.3 Å². The molecule has 1 rings (SSSR count). The molecule has 0 fully saturated rings. The molecule has 0 spiro atoms. The minimum absolute atomic E-state index is 0.174. The molecule has 2 amide bonds. The molecule has 1 aromatic carbocycles. The topological polar surface area (TPSA) is 64.6 Å². The zero-order valence-corrected chi connectivity index (χ0v) is 12.6. The lowest BCUT2D eigenvalue weighted by atomic mass is 10.1. The molecule has 0 saturated carbocycles. The van der Waals surface area contributed by atoms with Crippen LogP contribution >= 0.6 is 0 Å². The van der Waals surface area contributed by atoms with Gasteiger partial charge in [0.15, 0.2) is 0 Å². The van der Waals surface area contributed by atoms with Crippen molar-refractivity contribution in [3.63, 3.8) is 0 Å². The first-order chi connectivity index (χ1) is 10.0. The summed E-state index contributed by atoms with van der Waals surface area (Å²) in [5.41, 5.74) is 1.11. The van der Waals surface area contributed by atoms with Crippen molar-refractivity contribution in [2.75, 3.05) is 27.2 Å². The fraction of sp³-hybridized carbons (Fsp3) is 0.438. The Morgan fingerprint density at radius 2 is 2.00 bits per heavy atom. The van der Waals surface area contributed by atoms with Gasteiger partial charge in [0, 0.05) is 25.6 Å². The molecule has 21 heavy (non-hydrogen) atoms. The van der Waals surface area contributed by atoms with Crippen LogP contribution < -0.4 is 10.6 Å². The number of benzene rings is 1. The van der Waals surface area contributed by atoms with Crippen LogP contribution in [0, 0.1) is 12.3 Å². The number of hydrogen-bond acceptors (Lipinski definition) is 3. The summed E-state index contributed by atoms with van der Waals surface area (Å²) < 4.78 is 0. The molecule has 3 N–H and O–H groups in total. The number of phenols is 1. The van der Waals surface area contributed by atoms with Crippen molar-refractivity contribution >= 4 is 6.03 Å². The summed E-state index contributed by atoms with van der Waals surface area (Å²) >= 11 is 0. The lowest BCUT2D eigenvalue weighted by molar-refractivity contribution is 0.232. The smallest absolute Gasteiger partial charge is 0.314 e. The molecule has 0 aliphatic carbocycles. The molecule has 0 aromatic heterocycles. The highest BCUT2D eigenvalue weighted by molar-refractivity contribution is 5.73. The number of carbonyl (C=O) groups excluding carboxylic acids is 1. The number of phenolic OH excluding ortho intramolecular Hbond substituents is 1. The normalized spacial score (nSPS) is 11.7. The second-order valence-electron chi connectivity index (χ2n) is 5.08. The summed E-state index contributed by atoms with van der Waals surface area (Å²) in [4.78, 5) is 13.7. The lowest BCUT2D eigenvalue weighted by Gasteiger charge is -2.24. The second kappa shape index (κ2) is 8.88. The van der Waals surface area contributed by atoms with Gasteiger partial charge in [-0.2, -0.15) is 0 Å². The number of nitrogens with one attached hydrogen (secondary N) is 2. The number of terminal acetylenes is 1. The van der Waals surface area contributed by atoms with Gasteiger partial charge >= 0.3 is 6.03 Å². The molecule has 5 heteroatoms. The molecule has 0 bridgehead atoms. The van der Waals surface area contributed by atoms with E-state index in [9.17, 15) is 9.90 Å². The molecule has 114 valence electrons. The predicted molar refractivity (Wildman–Crippen MR) is 84.1 cm³/mol. The summed E-state index contributed by atoms with van der Waals surface area (Å²) in [5, 5.41) is 14.8. The number of nitrogens with zero attached hydrogens (tertiary/aromatic N) is 1. The molecule has 0 saturated heterocycles. The third-order valence-electron chi connectivity index (χ3n) is 3.19. The number of carbonyl (C=O) groups is 1. The van der Waals surface area contributed by atoms with Crippen LogP contribution in [-0.2, 0) is 6.42 Å². The van der Waals surface area contributed by atoms with E-state index in [1.54, 1.807) is 12.1 Å². The van der Waals surface area contributed by atoms with E-state index in [0.717, 1.165) is 12.0 Å². The molecule has 0 heterocycles. The van der Waals surface area contributed by atoms with Crippen LogP contribution in [0.1, 0.15) is 12.0 Å². The predicted octanol–water partition coefficient (Wildman–Crippen LogP) is 1.19. The van der Waals surface area contributed by atoms with Crippen LogP contribution in [0.15, 0.2) is 24.3 Å². The first-order valence-corrected chi connectivity index (χ1v) is 6.92. The van der Waals surface area contributed by atoms with Crippen LogP contribution in [0.25, 0.3) is 0 Å². The molecule has 1 atom stereocenters. The maximum Gasteiger partial charge on any atom is 0.314 e. The first kappa shape index (κ1) is 16.9. The maximum absolute atomic E-state index is 11.6. The van der Waals surface area contributed by atoms with Crippen molar-refractivity contribution in [3.8, 4) is 18.1 Å².